The van der Waals surface area contributed by atoms with Gasteiger partial charge in [-0.15, -0.1) is 0 Å². The van der Waals surface area contributed by atoms with Gasteiger partial charge in [0.1, 0.15) is 0 Å². The maximum Gasteiger partial charge on any atom is 2.00 e. The average molecular weight is 435 g/mol. The Bertz CT molecular complexity index is 377. The van der Waals surface area contributed by atoms with Crippen LogP contribution in [0.25, 0.3) is 0 Å². The first-order chi connectivity index (χ1) is 9.69. The summed E-state index contributed by atoms with van der Waals surface area (Å²) in [7, 11) is 0. The van der Waals surface area contributed by atoms with E-state index in [1.54, 1.807) is 11.1 Å². The smallest absolute Gasteiger partial charge is 1.00 e. The van der Waals surface area contributed by atoms with Crippen molar-refractivity contribution in [3.05, 3.63) is 46.6 Å². The molecule has 0 atom stereocenters. The normalized spacial score (nSPS) is 14.8. The van der Waals surface area contributed by atoms with Crippen LogP contribution in [0.5, 0.6) is 0 Å². The summed E-state index contributed by atoms with van der Waals surface area (Å²) >= 11 is 0. The summed E-state index contributed by atoms with van der Waals surface area (Å²) < 4.78 is 0. The van der Waals surface area contributed by atoms with Gasteiger partial charge in [-0.05, 0) is 52.4 Å². The molecule has 23 heavy (non-hydrogen) atoms. The van der Waals surface area contributed by atoms with Crippen LogP contribution >= 0.6 is 0 Å². The second kappa shape index (κ2) is 17.3. The summed E-state index contributed by atoms with van der Waals surface area (Å²) in [5, 5.41) is 0. The number of halogens is 2. The minimum Gasteiger partial charge on any atom is -1.00 e. The Morgan fingerprint density at radius 2 is 1.09 bits per heavy atom. The summed E-state index contributed by atoms with van der Waals surface area (Å²) in [6.07, 6.45) is 19.4. The quantitative estimate of drug-likeness (QED) is 0.583. The molecule has 0 unspecified atom stereocenters. The molecular formula is C20H32Cl2Zr. The number of hydrogen-bond donors (Lipinski definition) is 0. The summed E-state index contributed by atoms with van der Waals surface area (Å²) in [5.74, 6) is 0. The van der Waals surface area contributed by atoms with Gasteiger partial charge in [0, 0.05) is 0 Å². The summed E-state index contributed by atoms with van der Waals surface area (Å²) in [5.41, 5.74) is 6.32. The van der Waals surface area contributed by atoms with E-state index < -0.39 is 0 Å². The van der Waals surface area contributed by atoms with Crippen LogP contribution in [0, 0.1) is 0 Å². The van der Waals surface area contributed by atoms with Crippen LogP contribution in [-0.2, 0) is 26.2 Å². The number of unbranched alkanes of at least 4 members (excludes halogenated alkanes) is 2. The molecule has 2 aliphatic carbocycles. The van der Waals surface area contributed by atoms with Gasteiger partial charge in [0.25, 0.3) is 0 Å². The Balaban J connectivity index is -0.000000308. The molecule has 0 aromatic carbocycles. The Hall–Kier alpha value is 0.423. The van der Waals surface area contributed by atoms with Gasteiger partial charge in [0.15, 0.2) is 0 Å². The fraction of sp³-hybridized carbons (Fsp3) is 0.600. The van der Waals surface area contributed by atoms with E-state index in [0.29, 0.717) is 0 Å². The first kappa shape index (κ1) is 28.2. The molecule has 3 heteroatoms. The van der Waals surface area contributed by atoms with Crippen LogP contribution in [0.4, 0.5) is 0 Å². The summed E-state index contributed by atoms with van der Waals surface area (Å²) in [6.45, 7) is 8.93. The molecule has 0 saturated carbocycles. The topological polar surface area (TPSA) is 0 Å². The standard InChI is InChI=1S/2C10H16.2ClH.Zr/c2*1-3-4-7-10-8-5-6-9(10)2;;;/h2*5-6H,3-4,7-8H2,1-2H3;2*1H;/q;;;;+2/p-2. The van der Waals surface area contributed by atoms with Crippen molar-refractivity contribution in [3.63, 3.8) is 0 Å². The van der Waals surface area contributed by atoms with E-state index in [1.165, 1.54) is 62.5 Å². The number of hydrogen-bond acceptors (Lipinski definition) is 0. The fourth-order valence-corrected chi connectivity index (χ4v) is 2.69. The zero-order chi connectivity index (χ0) is 14.8. The Kier molecular flexibility index (Phi) is 21.2. The number of rotatable bonds is 6. The zero-order valence-electron chi connectivity index (χ0n) is 15.2. The maximum absolute atomic E-state index is 2.26. The Labute approximate surface area is 175 Å². The summed E-state index contributed by atoms with van der Waals surface area (Å²) in [4.78, 5) is 0. The third-order valence-corrected chi connectivity index (χ3v) is 4.24. The first-order valence-corrected chi connectivity index (χ1v) is 8.39. The van der Waals surface area contributed by atoms with Crippen molar-refractivity contribution >= 4 is 0 Å². The van der Waals surface area contributed by atoms with Crippen molar-refractivity contribution in [1.29, 1.82) is 0 Å². The molecule has 0 fully saturated rings. The first-order valence-electron chi connectivity index (χ1n) is 8.39. The van der Waals surface area contributed by atoms with Gasteiger partial charge in [0.05, 0.1) is 0 Å². The molecule has 0 nitrogen and oxygen atoms in total. The largest absolute Gasteiger partial charge is 2.00 e. The number of allylic oxidation sites excluding steroid dienone is 8. The molecule has 0 N–H and O–H groups in total. The Morgan fingerprint density at radius 1 is 0.739 bits per heavy atom. The van der Waals surface area contributed by atoms with Crippen LogP contribution in [0.3, 0.4) is 0 Å². The molecule has 2 aliphatic rings. The molecule has 0 aliphatic heterocycles. The van der Waals surface area contributed by atoms with Crippen LogP contribution in [-0.4, -0.2) is 0 Å². The van der Waals surface area contributed by atoms with Crippen molar-refractivity contribution in [2.75, 3.05) is 0 Å². The van der Waals surface area contributed by atoms with E-state index in [9.17, 15) is 0 Å². The predicted octanol–water partition coefficient (Wildman–Crippen LogP) is 0.912. The van der Waals surface area contributed by atoms with Crippen molar-refractivity contribution in [2.45, 2.75) is 79.1 Å². The molecule has 0 heterocycles. The predicted molar refractivity (Wildman–Crippen MR) is 92.0 cm³/mol. The molecular weight excluding hydrogens is 402 g/mol. The molecule has 0 aromatic rings. The van der Waals surface area contributed by atoms with Crippen molar-refractivity contribution in [3.8, 4) is 0 Å². The molecule has 130 valence electrons. The van der Waals surface area contributed by atoms with Gasteiger partial charge in [-0.2, -0.15) is 0 Å². The monoisotopic (exact) mass is 432 g/mol. The van der Waals surface area contributed by atoms with Gasteiger partial charge in [-0.1, -0.05) is 73.3 Å². The van der Waals surface area contributed by atoms with Crippen LogP contribution < -0.4 is 24.8 Å². The van der Waals surface area contributed by atoms with Crippen LogP contribution in [0.15, 0.2) is 46.6 Å². The molecule has 0 bridgehead atoms. The van der Waals surface area contributed by atoms with E-state index in [4.69, 9.17) is 0 Å². The van der Waals surface area contributed by atoms with Crippen molar-refractivity contribution in [2.24, 2.45) is 0 Å². The van der Waals surface area contributed by atoms with Gasteiger partial charge in [0.2, 0.25) is 0 Å². The van der Waals surface area contributed by atoms with Crippen LogP contribution in [0.2, 0.25) is 0 Å². The molecule has 0 saturated heterocycles. The third kappa shape index (κ3) is 11.6. The van der Waals surface area contributed by atoms with E-state index in [0.717, 1.165) is 0 Å². The van der Waals surface area contributed by atoms with E-state index in [1.807, 2.05) is 0 Å². The van der Waals surface area contributed by atoms with Gasteiger partial charge < -0.3 is 24.8 Å². The summed E-state index contributed by atoms with van der Waals surface area (Å²) in [6, 6.07) is 0. The molecule has 0 aromatic heterocycles. The molecule has 0 amide bonds. The SMILES string of the molecule is CCCCC1=C(C)C=CC1.CCCCC1=C(C)C=CC1.[Cl-].[Cl-].[Zr+2]. The maximum atomic E-state index is 2.26. The second-order valence-electron chi connectivity index (χ2n) is 5.99. The third-order valence-electron chi connectivity index (χ3n) is 4.24. The van der Waals surface area contributed by atoms with Gasteiger partial charge in [-0.25, -0.2) is 0 Å². The zero-order valence-corrected chi connectivity index (χ0v) is 19.2. The van der Waals surface area contributed by atoms with E-state index >= 15 is 0 Å². The average Bonchev–Trinajstić information content (AvgIpc) is 3.04. The van der Waals surface area contributed by atoms with Gasteiger partial charge in [-0.3, -0.25) is 0 Å². The Morgan fingerprint density at radius 3 is 1.30 bits per heavy atom. The van der Waals surface area contributed by atoms with Crippen LogP contribution in [0.1, 0.15) is 79.1 Å². The van der Waals surface area contributed by atoms with Crippen molar-refractivity contribution < 1.29 is 51.0 Å². The van der Waals surface area contributed by atoms with Crippen molar-refractivity contribution in [1.82, 2.24) is 0 Å². The molecule has 0 radical (unpaired) electrons. The molecule has 0 spiro atoms. The minimum atomic E-state index is 0. The second-order valence-corrected chi connectivity index (χ2v) is 5.99. The van der Waals surface area contributed by atoms with E-state index in [-0.39, 0.29) is 51.0 Å². The minimum absolute atomic E-state index is 0. The molecule has 2 rings (SSSR count). The van der Waals surface area contributed by atoms with Gasteiger partial charge >= 0.3 is 26.2 Å². The fourth-order valence-electron chi connectivity index (χ4n) is 2.69. The van der Waals surface area contributed by atoms with E-state index in [2.05, 4.69) is 52.0 Å².